The Kier molecular flexibility index (Phi) is 2.94. The second-order valence-corrected chi connectivity index (χ2v) is 3.47. The Bertz CT molecular complexity index is 266. The lowest BCUT2D eigenvalue weighted by Gasteiger charge is -2.22. The molecule has 1 heterocycles. The van der Waals surface area contributed by atoms with E-state index in [1.54, 1.807) is 0 Å². The monoisotopic (exact) mass is 227 g/mol. The van der Waals surface area contributed by atoms with E-state index in [1.807, 2.05) is 0 Å². The van der Waals surface area contributed by atoms with Gasteiger partial charge < -0.3 is 10.0 Å². The number of rotatable bonds is 2. The number of hydrogen-bond donors (Lipinski definition) is 1. The average molecular weight is 228 g/mol. The van der Waals surface area contributed by atoms with Gasteiger partial charge in [0.05, 0.1) is 0 Å². The van der Waals surface area contributed by atoms with Gasteiger partial charge in [0.15, 0.2) is 0 Å². The van der Waals surface area contributed by atoms with Gasteiger partial charge in [-0.1, -0.05) is 0 Å². The zero-order valence-electron chi connectivity index (χ0n) is 7.04. The summed E-state index contributed by atoms with van der Waals surface area (Å²) in [6.07, 6.45) is 0.587. The standard InChI is InChI=1S/C7H8ClF2NO3/c8-7(9,10)6(14)11-3-1-2-4(11)5(12)13/h4H,1-3H2,(H,12,13)/t4-/m0/s1. The minimum Gasteiger partial charge on any atom is -0.480 e. The Balaban J connectivity index is 2.77. The number of halogens is 3. The molecule has 1 aliphatic rings. The van der Waals surface area contributed by atoms with Crippen LogP contribution in [0.5, 0.6) is 0 Å². The number of hydrogen-bond acceptors (Lipinski definition) is 2. The molecule has 1 rings (SSSR count). The highest BCUT2D eigenvalue weighted by Crippen LogP contribution is 2.27. The van der Waals surface area contributed by atoms with Crippen LogP contribution >= 0.6 is 11.6 Å². The summed E-state index contributed by atoms with van der Waals surface area (Å²) in [5.74, 6) is -2.92. The van der Waals surface area contributed by atoms with Crippen LogP contribution in [0.1, 0.15) is 12.8 Å². The number of alkyl halides is 3. The maximum atomic E-state index is 12.4. The Morgan fingerprint density at radius 2 is 2.07 bits per heavy atom. The van der Waals surface area contributed by atoms with E-state index in [9.17, 15) is 18.4 Å². The molecular formula is C7H8ClF2NO3. The van der Waals surface area contributed by atoms with E-state index in [-0.39, 0.29) is 13.0 Å². The van der Waals surface area contributed by atoms with Gasteiger partial charge in [-0.3, -0.25) is 4.79 Å². The molecule has 0 saturated carbocycles. The fourth-order valence-electron chi connectivity index (χ4n) is 1.43. The van der Waals surface area contributed by atoms with Crippen LogP contribution in [0.4, 0.5) is 8.78 Å². The predicted molar refractivity (Wildman–Crippen MR) is 43.2 cm³/mol. The molecule has 1 saturated heterocycles. The van der Waals surface area contributed by atoms with Crippen LogP contribution in [0.3, 0.4) is 0 Å². The number of amides is 1. The van der Waals surface area contributed by atoms with Gasteiger partial charge in [-0.25, -0.2) is 4.79 Å². The highest BCUT2D eigenvalue weighted by molar-refractivity contribution is 6.32. The van der Waals surface area contributed by atoms with Crippen molar-refractivity contribution in [2.75, 3.05) is 6.54 Å². The van der Waals surface area contributed by atoms with E-state index >= 15 is 0 Å². The third kappa shape index (κ3) is 2.12. The molecule has 0 radical (unpaired) electrons. The van der Waals surface area contributed by atoms with E-state index in [4.69, 9.17) is 5.11 Å². The summed E-state index contributed by atoms with van der Waals surface area (Å²) < 4.78 is 24.8. The number of carboxylic acids is 1. The van der Waals surface area contributed by atoms with Gasteiger partial charge in [-0.2, -0.15) is 8.78 Å². The Morgan fingerprint density at radius 1 is 1.50 bits per heavy atom. The fourth-order valence-corrected chi connectivity index (χ4v) is 1.54. The van der Waals surface area contributed by atoms with E-state index in [2.05, 4.69) is 11.6 Å². The van der Waals surface area contributed by atoms with Gasteiger partial charge in [0.25, 0.3) is 0 Å². The summed E-state index contributed by atoms with van der Waals surface area (Å²) >= 11 is 4.52. The van der Waals surface area contributed by atoms with Crippen LogP contribution in [-0.4, -0.2) is 39.9 Å². The second kappa shape index (κ2) is 3.68. The maximum absolute atomic E-state index is 12.4. The van der Waals surface area contributed by atoms with Gasteiger partial charge in [0.2, 0.25) is 0 Å². The summed E-state index contributed by atoms with van der Waals surface area (Å²) in [6, 6.07) is -1.17. The van der Waals surface area contributed by atoms with Crippen molar-refractivity contribution in [3.8, 4) is 0 Å². The molecule has 0 bridgehead atoms. The van der Waals surface area contributed by atoms with Gasteiger partial charge in [0.1, 0.15) is 6.04 Å². The highest BCUT2D eigenvalue weighted by Gasteiger charge is 2.45. The first kappa shape index (κ1) is 11.2. The van der Waals surface area contributed by atoms with Crippen molar-refractivity contribution in [1.29, 1.82) is 0 Å². The number of carbonyl (C=O) groups excluding carboxylic acids is 1. The molecule has 4 nitrogen and oxygen atoms in total. The van der Waals surface area contributed by atoms with Crippen LogP contribution in [0.2, 0.25) is 0 Å². The molecule has 1 N–H and O–H groups in total. The first-order valence-corrected chi connectivity index (χ1v) is 4.32. The molecule has 1 amide bonds. The van der Waals surface area contributed by atoms with Crippen LogP contribution in [0.25, 0.3) is 0 Å². The van der Waals surface area contributed by atoms with Gasteiger partial charge in [-0.05, 0) is 24.4 Å². The van der Waals surface area contributed by atoms with E-state index < -0.39 is 23.3 Å². The zero-order chi connectivity index (χ0) is 10.9. The highest BCUT2D eigenvalue weighted by atomic mass is 35.5. The lowest BCUT2D eigenvalue weighted by atomic mass is 10.2. The summed E-state index contributed by atoms with van der Waals surface area (Å²) in [5.41, 5.74) is 0. The molecule has 1 fully saturated rings. The topological polar surface area (TPSA) is 57.6 Å². The van der Waals surface area contributed by atoms with Crippen LogP contribution in [-0.2, 0) is 9.59 Å². The average Bonchev–Trinajstić information content (AvgIpc) is 2.48. The molecule has 0 unspecified atom stereocenters. The van der Waals surface area contributed by atoms with Crippen molar-refractivity contribution < 1.29 is 23.5 Å². The van der Waals surface area contributed by atoms with Crippen molar-refractivity contribution in [3.05, 3.63) is 0 Å². The Labute approximate surface area is 83.4 Å². The molecule has 80 valence electrons. The number of carboxylic acid groups (broad SMARTS) is 1. The van der Waals surface area contributed by atoms with Crippen molar-refractivity contribution in [2.45, 2.75) is 24.3 Å². The van der Waals surface area contributed by atoms with Crippen molar-refractivity contribution in [2.24, 2.45) is 0 Å². The van der Waals surface area contributed by atoms with E-state index in [0.717, 1.165) is 0 Å². The van der Waals surface area contributed by atoms with Crippen LogP contribution in [0, 0.1) is 0 Å². The first-order chi connectivity index (χ1) is 6.34. The molecular weight excluding hydrogens is 220 g/mol. The Hall–Kier alpha value is -0.910. The van der Waals surface area contributed by atoms with E-state index in [1.165, 1.54) is 0 Å². The normalized spacial score (nSPS) is 22.5. The minimum atomic E-state index is -4.02. The second-order valence-electron chi connectivity index (χ2n) is 2.99. The molecule has 14 heavy (non-hydrogen) atoms. The smallest absolute Gasteiger partial charge is 0.399 e. The largest absolute Gasteiger partial charge is 0.480 e. The molecule has 1 atom stereocenters. The molecule has 0 aromatic rings. The maximum Gasteiger partial charge on any atom is 0.399 e. The minimum absolute atomic E-state index is 0.0120. The fraction of sp³-hybridized carbons (Fsp3) is 0.714. The predicted octanol–water partition coefficient (Wildman–Crippen LogP) is 0.894. The molecule has 0 aromatic heterocycles. The lowest BCUT2D eigenvalue weighted by Crippen LogP contribution is -2.46. The summed E-state index contributed by atoms with van der Waals surface area (Å²) in [4.78, 5) is 22.1. The third-order valence-corrected chi connectivity index (χ3v) is 2.20. The number of likely N-dealkylation sites (tertiary alicyclic amines) is 1. The van der Waals surface area contributed by atoms with Gasteiger partial charge >= 0.3 is 17.3 Å². The molecule has 1 aliphatic heterocycles. The number of aliphatic carboxylic acids is 1. The lowest BCUT2D eigenvalue weighted by molar-refractivity contribution is -0.156. The van der Waals surface area contributed by atoms with Crippen molar-refractivity contribution in [3.63, 3.8) is 0 Å². The van der Waals surface area contributed by atoms with Crippen molar-refractivity contribution >= 4 is 23.5 Å². The number of carbonyl (C=O) groups is 2. The van der Waals surface area contributed by atoms with Gasteiger partial charge in [-0.15, -0.1) is 0 Å². The molecule has 7 heteroatoms. The quantitative estimate of drug-likeness (QED) is 0.713. The number of nitrogens with zero attached hydrogens (tertiary/aromatic N) is 1. The first-order valence-electron chi connectivity index (χ1n) is 3.94. The van der Waals surface area contributed by atoms with Crippen LogP contribution < -0.4 is 0 Å². The molecule has 0 aliphatic carbocycles. The van der Waals surface area contributed by atoms with E-state index in [0.29, 0.717) is 11.3 Å². The summed E-state index contributed by atoms with van der Waals surface area (Å²) in [6.45, 7) is 0.0120. The molecule has 0 spiro atoms. The third-order valence-electron chi connectivity index (χ3n) is 2.04. The summed E-state index contributed by atoms with van der Waals surface area (Å²) in [5, 5.41) is 4.60. The van der Waals surface area contributed by atoms with Crippen LogP contribution in [0.15, 0.2) is 0 Å². The van der Waals surface area contributed by atoms with Gasteiger partial charge in [0, 0.05) is 6.54 Å². The SMILES string of the molecule is O=C(O)[C@@H]1CCCN1C(=O)C(F)(F)Cl. The molecule has 0 aromatic carbocycles. The zero-order valence-corrected chi connectivity index (χ0v) is 7.80. The summed E-state index contributed by atoms with van der Waals surface area (Å²) in [7, 11) is 0. The van der Waals surface area contributed by atoms with Crippen molar-refractivity contribution in [1.82, 2.24) is 4.90 Å². The Morgan fingerprint density at radius 3 is 2.50 bits per heavy atom.